The van der Waals surface area contributed by atoms with Gasteiger partial charge in [0.1, 0.15) is 6.04 Å². The molecule has 4 aliphatic rings. The number of piperidine rings is 2. The molecule has 0 aliphatic carbocycles. The highest BCUT2D eigenvalue weighted by molar-refractivity contribution is 6.23. The smallest absolute Gasteiger partial charge is 0.262 e. The summed E-state index contributed by atoms with van der Waals surface area (Å²) in [6, 6.07) is 5.07. The fraction of sp³-hybridized carbons (Fsp3) is 0.565. The van der Waals surface area contributed by atoms with Gasteiger partial charge < -0.3 is 10.6 Å². The fourth-order valence-electron chi connectivity index (χ4n) is 5.10. The minimum Gasteiger partial charge on any atom is -0.314 e. The molecule has 32 heavy (non-hydrogen) atoms. The summed E-state index contributed by atoms with van der Waals surface area (Å²) in [6.45, 7) is 6.10. The first-order valence-electron chi connectivity index (χ1n) is 11.5. The van der Waals surface area contributed by atoms with E-state index in [1.807, 2.05) is 6.07 Å². The van der Waals surface area contributed by atoms with Crippen LogP contribution in [0.3, 0.4) is 0 Å². The molecule has 0 spiro atoms. The van der Waals surface area contributed by atoms with Crippen LogP contribution in [0.1, 0.15) is 52.0 Å². The van der Waals surface area contributed by atoms with Gasteiger partial charge in [-0.05, 0) is 62.5 Å². The molecule has 1 atom stereocenters. The summed E-state index contributed by atoms with van der Waals surface area (Å²) in [4.78, 5) is 52.9. The number of benzene rings is 1. The molecule has 1 aromatic rings. The van der Waals surface area contributed by atoms with Gasteiger partial charge in [0.25, 0.3) is 11.8 Å². The molecule has 0 aromatic heterocycles. The van der Waals surface area contributed by atoms with Crippen molar-refractivity contribution in [2.45, 2.75) is 44.3 Å². The second-order valence-corrected chi connectivity index (χ2v) is 9.25. The lowest BCUT2D eigenvalue weighted by Gasteiger charge is -2.42. The van der Waals surface area contributed by atoms with E-state index in [1.54, 1.807) is 12.1 Å². The molecule has 0 bridgehead atoms. The zero-order valence-corrected chi connectivity index (χ0v) is 18.1. The molecule has 3 fully saturated rings. The first kappa shape index (κ1) is 21.2. The van der Waals surface area contributed by atoms with E-state index in [9.17, 15) is 19.2 Å². The normalized spacial score (nSPS) is 25.1. The molecule has 0 saturated carbocycles. The van der Waals surface area contributed by atoms with Gasteiger partial charge in [-0.1, -0.05) is 6.07 Å². The van der Waals surface area contributed by atoms with Gasteiger partial charge in [-0.15, -0.1) is 0 Å². The summed E-state index contributed by atoms with van der Waals surface area (Å²) in [5.74, 6) is -1.23. The standard InChI is InChI=1S/C23H29N5O4/c29-20-4-3-19(21(30)26-20)28-22(31)17-2-1-15(9-18(17)23(28)32)11-24-10-14-5-7-27(8-6-14)16-12-25-13-16/h1-2,9,14,16,19,24-25H,3-8,10-13H2,(H,26,29,30). The SMILES string of the molecule is O=C1CCC(N2C(=O)c3ccc(CNCC4CCN(C5CNC5)CC4)cc3C2=O)C(=O)N1. The van der Waals surface area contributed by atoms with Crippen molar-refractivity contribution in [1.29, 1.82) is 0 Å². The molecule has 3 N–H and O–H groups in total. The lowest BCUT2D eigenvalue weighted by atomic mass is 9.94. The molecule has 170 valence electrons. The summed E-state index contributed by atoms with van der Waals surface area (Å²) in [7, 11) is 0. The number of carbonyl (C=O) groups is 4. The van der Waals surface area contributed by atoms with Crippen LogP contribution >= 0.6 is 0 Å². The van der Waals surface area contributed by atoms with E-state index in [0.29, 0.717) is 23.6 Å². The summed E-state index contributed by atoms with van der Waals surface area (Å²) >= 11 is 0. The Balaban J connectivity index is 1.16. The van der Waals surface area contributed by atoms with Crippen molar-refractivity contribution in [3.05, 3.63) is 34.9 Å². The highest BCUT2D eigenvalue weighted by Crippen LogP contribution is 2.28. The Morgan fingerprint density at radius 2 is 1.72 bits per heavy atom. The Morgan fingerprint density at radius 1 is 0.969 bits per heavy atom. The van der Waals surface area contributed by atoms with E-state index in [1.165, 1.54) is 12.8 Å². The Bertz CT molecular complexity index is 952. The van der Waals surface area contributed by atoms with E-state index in [0.717, 1.165) is 49.2 Å². The van der Waals surface area contributed by atoms with Crippen LogP contribution in [0.4, 0.5) is 0 Å². The number of nitrogens with one attached hydrogen (secondary N) is 3. The van der Waals surface area contributed by atoms with E-state index >= 15 is 0 Å². The number of hydrogen-bond donors (Lipinski definition) is 3. The van der Waals surface area contributed by atoms with Crippen LogP contribution in [0.15, 0.2) is 18.2 Å². The number of likely N-dealkylation sites (tertiary alicyclic amines) is 1. The van der Waals surface area contributed by atoms with Crippen LogP contribution in [0.2, 0.25) is 0 Å². The van der Waals surface area contributed by atoms with Gasteiger partial charge in [-0.2, -0.15) is 0 Å². The van der Waals surface area contributed by atoms with Crippen LogP contribution in [0.5, 0.6) is 0 Å². The van der Waals surface area contributed by atoms with Crippen molar-refractivity contribution in [1.82, 2.24) is 25.8 Å². The quantitative estimate of drug-likeness (QED) is 0.529. The van der Waals surface area contributed by atoms with Crippen molar-refractivity contribution in [2.24, 2.45) is 5.92 Å². The molecule has 9 heteroatoms. The van der Waals surface area contributed by atoms with Gasteiger partial charge in [0.2, 0.25) is 11.8 Å². The maximum Gasteiger partial charge on any atom is 0.262 e. The van der Waals surface area contributed by atoms with Gasteiger partial charge in [0.05, 0.1) is 11.1 Å². The minimum atomic E-state index is -0.928. The number of rotatable bonds is 6. The molecule has 5 rings (SSSR count). The first-order chi connectivity index (χ1) is 15.5. The fourth-order valence-corrected chi connectivity index (χ4v) is 5.10. The third-order valence-corrected chi connectivity index (χ3v) is 7.19. The molecule has 4 aliphatic heterocycles. The molecule has 9 nitrogen and oxygen atoms in total. The number of amides is 4. The summed E-state index contributed by atoms with van der Waals surface area (Å²) < 4.78 is 0. The summed E-state index contributed by atoms with van der Waals surface area (Å²) in [5, 5.41) is 9.06. The Labute approximate surface area is 186 Å². The average molecular weight is 440 g/mol. The van der Waals surface area contributed by atoms with Crippen LogP contribution in [-0.2, 0) is 16.1 Å². The van der Waals surface area contributed by atoms with E-state index in [-0.39, 0.29) is 18.7 Å². The maximum absolute atomic E-state index is 12.9. The predicted molar refractivity (Wildman–Crippen MR) is 116 cm³/mol. The number of fused-ring (bicyclic) bond motifs is 1. The third kappa shape index (κ3) is 3.96. The third-order valence-electron chi connectivity index (χ3n) is 7.19. The number of hydrogen-bond acceptors (Lipinski definition) is 7. The van der Waals surface area contributed by atoms with Crippen LogP contribution in [0.25, 0.3) is 0 Å². The van der Waals surface area contributed by atoms with Crippen LogP contribution in [0, 0.1) is 5.92 Å². The lowest BCUT2D eigenvalue weighted by molar-refractivity contribution is -0.136. The Hall–Kier alpha value is -2.62. The van der Waals surface area contributed by atoms with Crippen molar-refractivity contribution in [3.8, 4) is 0 Å². The monoisotopic (exact) mass is 439 g/mol. The maximum atomic E-state index is 12.9. The Morgan fingerprint density at radius 3 is 2.41 bits per heavy atom. The van der Waals surface area contributed by atoms with Gasteiger partial charge in [-0.3, -0.25) is 34.3 Å². The molecule has 0 radical (unpaired) electrons. The Kier molecular flexibility index (Phi) is 5.79. The number of carbonyl (C=O) groups excluding carboxylic acids is 4. The second kappa shape index (κ2) is 8.73. The number of nitrogens with zero attached hydrogens (tertiary/aromatic N) is 2. The van der Waals surface area contributed by atoms with Crippen LogP contribution in [-0.4, -0.2) is 78.2 Å². The van der Waals surface area contributed by atoms with Crippen molar-refractivity contribution < 1.29 is 19.2 Å². The van der Waals surface area contributed by atoms with E-state index < -0.39 is 23.8 Å². The molecular formula is C23H29N5O4. The van der Waals surface area contributed by atoms with Crippen molar-refractivity contribution in [2.75, 3.05) is 32.7 Å². The van der Waals surface area contributed by atoms with Gasteiger partial charge in [0.15, 0.2) is 0 Å². The van der Waals surface area contributed by atoms with E-state index in [2.05, 4.69) is 20.9 Å². The van der Waals surface area contributed by atoms with Crippen LogP contribution < -0.4 is 16.0 Å². The first-order valence-corrected chi connectivity index (χ1v) is 11.5. The number of imide groups is 2. The minimum absolute atomic E-state index is 0.120. The molecule has 4 amide bonds. The summed E-state index contributed by atoms with van der Waals surface area (Å²) in [6.07, 6.45) is 2.68. The topological polar surface area (TPSA) is 111 Å². The molecule has 1 aromatic carbocycles. The molecule has 4 heterocycles. The van der Waals surface area contributed by atoms with Gasteiger partial charge >= 0.3 is 0 Å². The van der Waals surface area contributed by atoms with Crippen molar-refractivity contribution >= 4 is 23.6 Å². The highest BCUT2D eigenvalue weighted by atomic mass is 16.2. The molecule has 1 unspecified atom stereocenters. The van der Waals surface area contributed by atoms with Gasteiger partial charge in [0, 0.05) is 32.1 Å². The lowest BCUT2D eigenvalue weighted by Crippen LogP contribution is -2.59. The molecular weight excluding hydrogens is 410 g/mol. The van der Waals surface area contributed by atoms with Crippen molar-refractivity contribution in [3.63, 3.8) is 0 Å². The summed E-state index contributed by atoms with van der Waals surface area (Å²) in [5.41, 5.74) is 1.59. The largest absolute Gasteiger partial charge is 0.314 e. The highest BCUT2D eigenvalue weighted by Gasteiger charge is 2.44. The van der Waals surface area contributed by atoms with Gasteiger partial charge in [-0.25, -0.2) is 0 Å². The second-order valence-electron chi connectivity index (χ2n) is 9.25. The zero-order valence-electron chi connectivity index (χ0n) is 18.1. The average Bonchev–Trinajstić information content (AvgIpc) is 2.98. The zero-order chi connectivity index (χ0) is 22.2. The van der Waals surface area contributed by atoms with E-state index in [4.69, 9.17) is 0 Å². The molecule has 3 saturated heterocycles. The predicted octanol–water partition coefficient (Wildman–Crippen LogP) is -0.139.